The number of benzene rings is 2. The van der Waals surface area contributed by atoms with Crippen molar-refractivity contribution in [3.8, 4) is 6.07 Å². The van der Waals surface area contributed by atoms with Crippen molar-refractivity contribution in [3.05, 3.63) is 64.3 Å². The quantitative estimate of drug-likeness (QED) is 0.701. The van der Waals surface area contributed by atoms with Gasteiger partial charge in [0.2, 0.25) is 5.95 Å². The predicted molar refractivity (Wildman–Crippen MR) is 96.4 cm³/mol. The van der Waals surface area contributed by atoms with Crippen LogP contribution < -0.4 is 10.6 Å². The van der Waals surface area contributed by atoms with Crippen molar-refractivity contribution in [2.45, 2.75) is 6.92 Å². The normalized spacial score (nSPS) is 10.0. The fourth-order valence-corrected chi connectivity index (χ4v) is 2.61. The minimum atomic E-state index is 0.317. The van der Waals surface area contributed by atoms with Gasteiger partial charge in [0, 0.05) is 10.2 Å². The summed E-state index contributed by atoms with van der Waals surface area (Å²) in [5.74, 6) is 0.879. The molecular weight excluding hydrogens is 368 g/mol. The molecule has 0 fully saturated rings. The minimum Gasteiger partial charge on any atom is -0.339 e. The van der Waals surface area contributed by atoms with E-state index in [-0.39, 0.29) is 0 Å². The average Bonchev–Trinajstić information content (AvgIpc) is 2.58. The van der Waals surface area contributed by atoms with Crippen LogP contribution in [0.25, 0.3) is 0 Å². The number of hydrogen-bond acceptors (Lipinski definition) is 6. The van der Waals surface area contributed by atoms with Gasteiger partial charge in [0.05, 0.1) is 17.4 Å². The van der Waals surface area contributed by atoms with Gasteiger partial charge in [0.15, 0.2) is 5.82 Å². The van der Waals surface area contributed by atoms with Gasteiger partial charge < -0.3 is 10.6 Å². The highest BCUT2D eigenvalue weighted by molar-refractivity contribution is 9.10. The Balaban J connectivity index is 1.83. The smallest absolute Gasteiger partial charge is 0.249 e. The van der Waals surface area contributed by atoms with Crippen LogP contribution in [0.2, 0.25) is 0 Å². The van der Waals surface area contributed by atoms with Crippen LogP contribution in [0.1, 0.15) is 11.1 Å². The van der Waals surface area contributed by atoms with Gasteiger partial charge in [-0.05, 0) is 42.8 Å². The second-order valence-corrected chi connectivity index (χ2v) is 5.95. The predicted octanol–water partition coefficient (Wildman–Crippen LogP) is 4.30. The van der Waals surface area contributed by atoms with Gasteiger partial charge >= 0.3 is 0 Å². The molecule has 0 amide bonds. The third-order valence-electron chi connectivity index (χ3n) is 3.30. The SMILES string of the molecule is Cc1cc(Br)ccc1Nc1cnnc(Nc2ccccc2C#N)n1. The van der Waals surface area contributed by atoms with Gasteiger partial charge in [-0.2, -0.15) is 15.3 Å². The lowest BCUT2D eigenvalue weighted by molar-refractivity contribution is 0.982. The maximum absolute atomic E-state index is 9.14. The minimum absolute atomic E-state index is 0.317. The molecule has 0 aliphatic heterocycles. The molecule has 1 aromatic heterocycles. The molecule has 0 aliphatic carbocycles. The Morgan fingerprint density at radius 3 is 2.71 bits per heavy atom. The number of nitriles is 1. The molecule has 7 heteroatoms. The molecular formula is C17H13BrN6. The van der Waals surface area contributed by atoms with Crippen molar-refractivity contribution in [2.24, 2.45) is 0 Å². The van der Waals surface area contributed by atoms with E-state index in [1.54, 1.807) is 24.4 Å². The van der Waals surface area contributed by atoms with E-state index in [2.05, 4.69) is 47.8 Å². The number of para-hydroxylation sites is 1. The largest absolute Gasteiger partial charge is 0.339 e. The number of nitrogens with one attached hydrogen (secondary N) is 2. The molecule has 2 aromatic carbocycles. The first-order valence-electron chi connectivity index (χ1n) is 7.15. The Bertz CT molecular complexity index is 919. The average molecular weight is 381 g/mol. The maximum Gasteiger partial charge on any atom is 0.249 e. The second kappa shape index (κ2) is 7.06. The van der Waals surface area contributed by atoms with E-state index in [9.17, 15) is 0 Å². The van der Waals surface area contributed by atoms with Gasteiger partial charge in [0.25, 0.3) is 0 Å². The topological polar surface area (TPSA) is 86.5 Å². The van der Waals surface area contributed by atoms with E-state index < -0.39 is 0 Å². The molecule has 0 radical (unpaired) electrons. The third-order valence-corrected chi connectivity index (χ3v) is 3.80. The lowest BCUT2D eigenvalue weighted by Gasteiger charge is -2.10. The molecule has 0 saturated heterocycles. The molecule has 0 bridgehead atoms. The summed E-state index contributed by atoms with van der Waals surface area (Å²) < 4.78 is 1.02. The number of nitrogens with zero attached hydrogens (tertiary/aromatic N) is 4. The summed E-state index contributed by atoms with van der Waals surface area (Å²) in [6.45, 7) is 2.00. The van der Waals surface area contributed by atoms with Crippen LogP contribution in [-0.2, 0) is 0 Å². The summed E-state index contributed by atoms with van der Waals surface area (Å²) in [5.41, 5.74) is 3.16. The van der Waals surface area contributed by atoms with Crippen LogP contribution in [0, 0.1) is 18.3 Å². The van der Waals surface area contributed by atoms with Crippen LogP contribution in [0.3, 0.4) is 0 Å². The molecule has 2 N–H and O–H groups in total. The fraction of sp³-hybridized carbons (Fsp3) is 0.0588. The lowest BCUT2D eigenvalue weighted by atomic mass is 10.2. The Hall–Kier alpha value is -2.98. The lowest BCUT2D eigenvalue weighted by Crippen LogP contribution is -2.03. The summed E-state index contributed by atoms with van der Waals surface area (Å²) in [7, 11) is 0. The van der Waals surface area contributed by atoms with Gasteiger partial charge in [-0.3, -0.25) is 0 Å². The molecule has 6 nitrogen and oxygen atoms in total. The van der Waals surface area contributed by atoms with Crippen molar-refractivity contribution in [3.63, 3.8) is 0 Å². The molecule has 0 unspecified atom stereocenters. The first-order valence-corrected chi connectivity index (χ1v) is 7.94. The van der Waals surface area contributed by atoms with E-state index in [1.165, 1.54) is 0 Å². The first kappa shape index (κ1) is 15.9. The molecule has 0 aliphatic rings. The fourth-order valence-electron chi connectivity index (χ4n) is 2.13. The van der Waals surface area contributed by atoms with E-state index >= 15 is 0 Å². The van der Waals surface area contributed by atoms with Gasteiger partial charge in [-0.25, -0.2) is 0 Å². The first-order chi connectivity index (χ1) is 11.7. The summed E-state index contributed by atoms with van der Waals surface area (Å²) >= 11 is 3.44. The van der Waals surface area contributed by atoms with Crippen LogP contribution >= 0.6 is 15.9 Å². The van der Waals surface area contributed by atoms with Crippen molar-refractivity contribution in [1.82, 2.24) is 15.2 Å². The summed E-state index contributed by atoms with van der Waals surface area (Å²) in [4.78, 5) is 4.39. The number of aromatic nitrogens is 3. The van der Waals surface area contributed by atoms with E-state index in [0.29, 0.717) is 23.0 Å². The van der Waals surface area contributed by atoms with E-state index in [1.807, 2.05) is 31.2 Å². The van der Waals surface area contributed by atoms with Gasteiger partial charge in [0.1, 0.15) is 6.07 Å². The number of rotatable bonds is 4. The number of aryl methyl sites for hydroxylation is 1. The molecule has 0 spiro atoms. The monoisotopic (exact) mass is 380 g/mol. The van der Waals surface area contributed by atoms with Crippen molar-refractivity contribution < 1.29 is 0 Å². The molecule has 0 saturated carbocycles. The number of anilines is 4. The molecule has 3 rings (SSSR count). The van der Waals surface area contributed by atoms with Crippen molar-refractivity contribution in [2.75, 3.05) is 10.6 Å². The van der Waals surface area contributed by atoms with E-state index in [4.69, 9.17) is 5.26 Å². The highest BCUT2D eigenvalue weighted by atomic mass is 79.9. The summed E-state index contributed by atoms with van der Waals surface area (Å²) in [6, 6.07) is 15.2. The van der Waals surface area contributed by atoms with E-state index in [0.717, 1.165) is 15.7 Å². The number of hydrogen-bond donors (Lipinski definition) is 2. The van der Waals surface area contributed by atoms with Crippen LogP contribution in [0.4, 0.5) is 23.1 Å². The summed E-state index contributed by atoms with van der Waals surface area (Å²) in [5, 5.41) is 23.3. The standard InChI is InChI=1S/C17H13BrN6/c1-11-8-13(18)6-7-14(11)21-16-10-20-24-17(23-16)22-15-5-3-2-4-12(15)9-19/h2-8,10H,1H3,(H2,21,22,23,24). The van der Waals surface area contributed by atoms with Crippen molar-refractivity contribution >= 4 is 39.1 Å². The zero-order valence-corrected chi connectivity index (χ0v) is 14.4. The van der Waals surface area contributed by atoms with Crippen LogP contribution in [0.15, 0.2) is 53.1 Å². The van der Waals surface area contributed by atoms with Gasteiger partial charge in [-0.15, -0.1) is 5.10 Å². The highest BCUT2D eigenvalue weighted by Gasteiger charge is 2.06. The third kappa shape index (κ3) is 3.67. The van der Waals surface area contributed by atoms with Gasteiger partial charge in [-0.1, -0.05) is 28.1 Å². The Morgan fingerprint density at radius 2 is 1.92 bits per heavy atom. The second-order valence-electron chi connectivity index (χ2n) is 5.03. The Labute approximate surface area is 147 Å². The Morgan fingerprint density at radius 1 is 1.08 bits per heavy atom. The zero-order chi connectivity index (χ0) is 16.9. The molecule has 1 heterocycles. The molecule has 3 aromatic rings. The Kier molecular flexibility index (Phi) is 4.68. The zero-order valence-electron chi connectivity index (χ0n) is 12.8. The highest BCUT2D eigenvalue weighted by Crippen LogP contribution is 2.23. The molecule has 118 valence electrons. The molecule has 0 atom stereocenters. The van der Waals surface area contributed by atoms with Crippen LogP contribution in [0.5, 0.6) is 0 Å². The van der Waals surface area contributed by atoms with Crippen LogP contribution in [-0.4, -0.2) is 15.2 Å². The summed E-state index contributed by atoms with van der Waals surface area (Å²) in [6.07, 6.45) is 1.54. The maximum atomic E-state index is 9.14. The van der Waals surface area contributed by atoms with Crippen molar-refractivity contribution in [1.29, 1.82) is 5.26 Å². The molecule has 24 heavy (non-hydrogen) atoms. The number of halogens is 1.